The van der Waals surface area contributed by atoms with Gasteiger partial charge in [0.2, 0.25) is 0 Å². The maximum absolute atomic E-state index is 11.5. The molecular formula is C13H16BrClO2. The van der Waals surface area contributed by atoms with E-state index in [2.05, 4.69) is 15.9 Å². The van der Waals surface area contributed by atoms with Gasteiger partial charge in [-0.2, -0.15) is 0 Å². The molecule has 0 bridgehead atoms. The van der Waals surface area contributed by atoms with Crippen molar-refractivity contribution < 1.29 is 9.53 Å². The number of benzene rings is 1. The molecule has 0 aromatic heterocycles. The van der Waals surface area contributed by atoms with Crippen molar-refractivity contribution in [3.63, 3.8) is 0 Å². The molecule has 0 spiro atoms. The van der Waals surface area contributed by atoms with Crippen LogP contribution in [0.4, 0.5) is 0 Å². The Kier molecular flexibility index (Phi) is 6.60. The Labute approximate surface area is 115 Å². The van der Waals surface area contributed by atoms with Crippen molar-refractivity contribution in [3.8, 4) is 0 Å². The number of rotatable bonds is 6. The van der Waals surface area contributed by atoms with Crippen LogP contribution in [0.15, 0.2) is 22.7 Å². The molecular weight excluding hydrogens is 303 g/mol. The lowest BCUT2D eigenvalue weighted by Crippen LogP contribution is -2.09. The topological polar surface area (TPSA) is 26.3 Å². The monoisotopic (exact) mass is 318 g/mol. The number of carbonyl (C=O) groups excluding carboxylic acids is 1. The molecule has 0 aliphatic heterocycles. The van der Waals surface area contributed by atoms with Gasteiger partial charge in [0.25, 0.3) is 0 Å². The summed E-state index contributed by atoms with van der Waals surface area (Å²) in [6, 6.07) is 5.99. The van der Waals surface area contributed by atoms with Crippen LogP contribution in [-0.4, -0.2) is 18.5 Å². The van der Waals surface area contributed by atoms with Crippen molar-refractivity contribution in [2.24, 2.45) is 0 Å². The highest BCUT2D eigenvalue weighted by atomic mass is 79.9. The van der Waals surface area contributed by atoms with Gasteiger partial charge >= 0.3 is 5.97 Å². The molecule has 2 nitrogen and oxygen atoms in total. The van der Waals surface area contributed by atoms with Crippen LogP contribution >= 0.6 is 27.5 Å². The first kappa shape index (κ1) is 14.5. The summed E-state index contributed by atoms with van der Waals surface area (Å²) < 4.78 is 5.94. The van der Waals surface area contributed by atoms with E-state index in [1.807, 2.05) is 25.1 Å². The first-order chi connectivity index (χ1) is 8.17. The molecule has 0 saturated carbocycles. The Balaban J connectivity index is 2.79. The molecule has 0 N–H and O–H groups in total. The van der Waals surface area contributed by atoms with Gasteiger partial charge in [0, 0.05) is 10.4 Å². The van der Waals surface area contributed by atoms with Crippen LogP contribution in [-0.2, 0) is 22.4 Å². The smallest absolute Gasteiger partial charge is 0.310 e. The lowest BCUT2D eigenvalue weighted by atomic mass is 10.0. The third-order valence-corrected chi connectivity index (χ3v) is 3.15. The first-order valence-corrected chi connectivity index (χ1v) is 6.99. The summed E-state index contributed by atoms with van der Waals surface area (Å²) in [4.78, 5) is 11.5. The molecule has 1 rings (SSSR count). The van der Waals surface area contributed by atoms with E-state index in [0.29, 0.717) is 18.9 Å². The number of ether oxygens (including phenoxy) is 1. The molecule has 0 aliphatic rings. The van der Waals surface area contributed by atoms with Gasteiger partial charge in [-0.3, -0.25) is 4.79 Å². The Bertz CT molecular complexity index is 380. The second-order valence-corrected chi connectivity index (χ2v) is 4.98. The van der Waals surface area contributed by atoms with Gasteiger partial charge in [-0.15, -0.1) is 11.6 Å². The summed E-state index contributed by atoms with van der Waals surface area (Å²) in [6.45, 7) is 2.23. The number of esters is 1. The second-order valence-electron chi connectivity index (χ2n) is 3.69. The average molecular weight is 320 g/mol. The van der Waals surface area contributed by atoms with Gasteiger partial charge in [0.05, 0.1) is 13.0 Å². The third kappa shape index (κ3) is 5.09. The first-order valence-electron chi connectivity index (χ1n) is 5.66. The van der Waals surface area contributed by atoms with Crippen LogP contribution in [0.3, 0.4) is 0 Å². The molecule has 0 fully saturated rings. The Hall–Kier alpha value is -0.540. The SMILES string of the molecule is CCOC(=O)Cc1cc(Br)ccc1CCCCl. The summed E-state index contributed by atoms with van der Waals surface area (Å²) in [7, 11) is 0. The number of hydrogen-bond acceptors (Lipinski definition) is 2. The minimum absolute atomic E-state index is 0.183. The van der Waals surface area contributed by atoms with E-state index in [9.17, 15) is 4.79 Å². The van der Waals surface area contributed by atoms with Crippen LogP contribution in [0.1, 0.15) is 24.5 Å². The fraction of sp³-hybridized carbons (Fsp3) is 0.462. The predicted molar refractivity (Wildman–Crippen MR) is 73.5 cm³/mol. The molecule has 0 heterocycles. The van der Waals surface area contributed by atoms with E-state index in [0.717, 1.165) is 22.9 Å². The van der Waals surface area contributed by atoms with Gasteiger partial charge in [0.1, 0.15) is 0 Å². The van der Waals surface area contributed by atoms with E-state index >= 15 is 0 Å². The van der Waals surface area contributed by atoms with Crippen molar-refractivity contribution in [1.29, 1.82) is 0 Å². The summed E-state index contributed by atoms with van der Waals surface area (Å²) >= 11 is 9.10. The minimum Gasteiger partial charge on any atom is -0.466 e. The molecule has 0 amide bonds. The number of hydrogen-bond donors (Lipinski definition) is 0. The molecule has 0 atom stereocenters. The molecule has 0 radical (unpaired) electrons. The standard InChI is InChI=1S/C13H16BrClO2/c1-2-17-13(16)9-11-8-12(14)6-5-10(11)4-3-7-15/h5-6,8H,2-4,7,9H2,1H3. The highest BCUT2D eigenvalue weighted by molar-refractivity contribution is 9.10. The van der Waals surface area contributed by atoms with Gasteiger partial charge in [-0.25, -0.2) is 0 Å². The maximum atomic E-state index is 11.5. The van der Waals surface area contributed by atoms with E-state index < -0.39 is 0 Å². The molecule has 1 aromatic rings. The molecule has 1 aromatic carbocycles. The van der Waals surface area contributed by atoms with E-state index in [4.69, 9.17) is 16.3 Å². The van der Waals surface area contributed by atoms with Gasteiger partial charge < -0.3 is 4.74 Å². The molecule has 17 heavy (non-hydrogen) atoms. The van der Waals surface area contributed by atoms with Crippen LogP contribution < -0.4 is 0 Å². The molecule has 0 unspecified atom stereocenters. The predicted octanol–water partition coefficient (Wildman–Crippen LogP) is 3.73. The van der Waals surface area contributed by atoms with Crippen molar-refractivity contribution in [1.82, 2.24) is 0 Å². The second kappa shape index (κ2) is 7.72. The summed E-state index contributed by atoms with van der Waals surface area (Å²) in [6.07, 6.45) is 2.13. The fourth-order valence-corrected chi connectivity index (χ4v) is 2.17. The van der Waals surface area contributed by atoms with E-state index in [1.165, 1.54) is 5.56 Å². The van der Waals surface area contributed by atoms with E-state index in [1.54, 1.807) is 0 Å². The number of carbonyl (C=O) groups is 1. The van der Waals surface area contributed by atoms with Gasteiger partial charge in [-0.05, 0) is 43.0 Å². The highest BCUT2D eigenvalue weighted by Crippen LogP contribution is 2.19. The Morgan fingerprint density at radius 3 is 2.82 bits per heavy atom. The summed E-state index contributed by atoms with van der Waals surface area (Å²) in [5.41, 5.74) is 2.19. The number of halogens is 2. The van der Waals surface area contributed by atoms with Crippen molar-refractivity contribution in [2.45, 2.75) is 26.2 Å². The van der Waals surface area contributed by atoms with Crippen LogP contribution in [0, 0.1) is 0 Å². The van der Waals surface area contributed by atoms with Crippen molar-refractivity contribution in [2.75, 3.05) is 12.5 Å². The van der Waals surface area contributed by atoms with Crippen LogP contribution in [0.2, 0.25) is 0 Å². The summed E-state index contributed by atoms with van der Waals surface area (Å²) in [5.74, 6) is 0.451. The fourth-order valence-electron chi connectivity index (χ4n) is 1.63. The Morgan fingerprint density at radius 1 is 1.41 bits per heavy atom. The number of alkyl halides is 1. The average Bonchev–Trinajstić information content (AvgIpc) is 2.28. The zero-order valence-corrected chi connectivity index (χ0v) is 12.2. The molecule has 0 aliphatic carbocycles. The maximum Gasteiger partial charge on any atom is 0.310 e. The lowest BCUT2D eigenvalue weighted by molar-refractivity contribution is -0.142. The zero-order chi connectivity index (χ0) is 12.7. The summed E-state index contributed by atoms with van der Waals surface area (Å²) in [5, 5.41) is 0. The normalized spacial score (nSPS) is 10.3. The van der Waals surface area contributed by atoms with Crippen molar-refractivity contribution in [3.05, 3.63) is 33.8 Å². The quantitative estimate of drug-likeness (QED) is 0.590. The van der Waals surface area contributed by atoms with Gasteiger partial charge in [-0.1, -0.05) is 22.0 Å². The lowest BCUT2D eigenvalue weighted by Gasteiger charge is -2.09. The Morgan fingerprint density at radius 2 is 2.18 bits per heavy atom. The zero-order valence-electron chi connectivity index (χ0n) is 9.84. The van der Waals surface area contributed by atoms with Gasteiger partial charge in [0.15, 0.2) is 0 Å². The van der Waals surface area contributed by atoms with E-state index in [-0.39, 0.29) is 5.97 Å². The highest BCUT2D eigenvalue weighted by Gasteiger charge is 2.09. The van der Waals surface area contributed by atoms with Crippen molar-refractivity contribution >= 4 is 33.5 Å². The minimum atomic E-state index is -0.183. The number of aryl methyl sites for hydroxylation is 1. The molecule has 4 heteroatoms. The molecule has 94 valence electrons. The third-order valence-electron chi connectivity index (χ3n) is 2.39. The van der Waals surface area contributed by atoms with Crippen LogP contribution in [0.25, 0.3) is 0 Å². The largest absolute Gasteiger partial charge is 0.466 e. The molecule has 0 saturated heterocycles. The van der Waals surface area contributed by atoms with Crippen LogP contribution in [0.5, 0.6) is 0 Å².